The van der Waals surface area contributed by atoms with Crippen LogP contribution in [0.5, 0.6) is 0 Å². The van der Waals surface area contributed by atoms with Gasteiger partial charge in [0, 0.05) is 13.1 Å². The van der Waals surface area contributed by atoms with Gasteiger partial charge in [-0.3, -0.25) is 4.98 Å². The topological polar surface area (TPSA) is 50.3 Å². The van der Waals surface area contributed by atoms with E-state index < -0.39 is 0 Å². The van der Waals surface area contributed by atoms with Gasteiger partial charge in [-0.05, 0) is 26.3 Å². The number of nitrogens with one attached hydrogen (secondary N) is 1. The van der Waals surface area contributed by atoms with Gasteiger partial charge in [0.05, 0.1) is 36.8 Å². The predicted molar refractivity (Wildman–Crippen MR) is 80.9 cm³/mol. The van der Waals surface area contributed by atoms with Crippen LogP contribution in [0.15, 0.2) is 12.4 Å². The second-order valence-electron chi connectivity index (χ2n) is 5.40. The molecule has 5 nitrogen and oxygen atoms in total. The fraction of sp³-hybridized carbons (Fsp3) is 0.733. The van der Waals surface area contributed by atoms with E-state index in [1.807, 2.05) is 12.4 Å². The zero-order chi connectivity index (χ0) is 14.4. The molecule has 2 rings (SSSR count). The van der Waals surface area contributed by atoms with Gasteiger partial charge >= 0.3 is 0 Å². The number of anilines is 1. The Hall–Kier alpha value is -1.20. The maximum Gasteiger partial charge on any atom is 0.147 e. The smallest absolute Gasteiger partial charge is 0.147 e. The summed E-state index contributed by atoms with van der Waals surface area (Å²) in [4.78, 5) is 11.4. The van der Waals surface area contributed by atoms with Crippen molar-refractivity contribution in [3.05, 3.63) is 18.1 Å². The Morgan fingerprint density at radius 3 is 2.85 bits per heavy atom. The lowest BCUT2D eigenvalue weighted by atomic mass is 10.1. The van der Waals surface area contributed by atoms with Crippen LogP contribution in [0, 0.1) is 0 Å². The second-order valence-corrected chi connectivity index (χ2v) is 5.40. The van der Waals surface area contributed by atoms with Crippen LogP contribution in [0.4, 0.5) is 5.82 Å². The van der Waals surface area contributed by atoms with E-state index in [-0.39, 0.29) is 6.10 Å². The Morgan fingerprint density at radius 1 is 1.35 bits per heavy atom. The van der Waals surface area contributed by atoms with E-state index in [9.17, 15) is 0 Å². The minimum Gasteiger partial charge on any atom is -0.375 e. The number of rotatable bonds is 6. The average molecular weight is 278 g/mol. The molecule has 0 aliphatic carbocycles. The minimum absolute atomic E-state index is 0.255. The number of morpholine rings is 1. The van der Waals surface area contributed by atoms with Gasteiger partial charge in [-0.1, -0.05) is 13.8 Å². The zero-order valence-corrected chi connectivity index (χ0v) is 12.8. The Kier molecular flexibility index (Phi) is 5.73. The molecule has 1 aliphatic rings. The molecular weight excluding hydrogens is 252 g/mol. The fourth-order valence-corrected chi connectivity index (χ4v) is 2.44. The molecule has 0 saturated carbocycles. The first-order chi connectivity index (χ1) is 9.74. The van der Waals surface area contributed by atoms with Crippen LogP contribution in [0.1, 0.15) is 39.3 Å². The number of ether oxygens (including phenoxy) is 1. The van der Waals surface area contributed by atoms with Gasteiger partial charge in [-0.25, -0.2) is 4.98 Å². The van der Waals surface area contributed by atoms with Crippen LogP contribution in [0.3, 0.4) is 0 Å². The molecule has 5 heteroatoms. The van der Waals surface area contributed by atoms with Crippen molar-refractivity contribution >= 4 is 5.82 Å². The predicted octanol–water partition coefficient (Wildman–Crippen LogP) is 1.98. The summed E-state index contributed by atoms with van der Waals surface area (Å²) in [5.41, 5.74) is 0.997. The van der Waals surface area contributed by atoms with Crippen LogP contribution < -0.4 is 10.2 Å². The molecule has 0 radical (unpaired) electrons. The van der Waals surface area contributed by atoms with Gasteiger partial charge in [-0.2, -0.15) is 0 Å². The minimum atomic E-state index is 0.255. The third-order valence-electron chi connectivity index (χ3n) is 3.66. The first kappa shape index (κ1) is 15.2. The molecule has 2 atom stereocenters. The van der Waals surface area contributed by atoms with Crippen molar-refractivity contribution in [2.45, 2.75) is 52.3 Å². The van der Waals surface area contributed by atoms with Crippen LogP contribution in [0.25, 0.3) is 0 Å². The lowest BCUT2D eigenvalue weighted by molar-refractivity contribution is 0.0296. The molecule has 20 heavy (non-hydrogen) atoms. The Balaban J connectivity index is 2.00. The highest BCUT2D eigenvalue weighted by Crippen LogP contribution is 2.20. The van der Waals surface area contributed by atoms with Crippen molar-refractivity contribution < 1.29 is 4.74 Å². The summed E-state index contributed by atoms with van der Waals surface area (Å²) >= 11 is 0. The van der Waals surface area contributed by atoms with E-state index in [0.717, 1.165) is 50.6 Å². The highest BCUT2D eigenvalue weighted by Gasteiger charge is 2.26. The van der Waals surface area contributed by atoms with E-state index in [1.54, 1.807) is 0 Å². The SMILES string of the molecule is CCCNCc1cnc(N2CC(C)OCC2CC)cn1. The average Bonchev–Trinajstić information content (AvgIpc) is 2.48. The normalized spacial score (nSPS) is 23.1. The largest absolute Gasteiger partial charge is 0.375 e. The Labute approximate surface area is 121 Å². The van der Waals surface area contributed by atoms with Crippen LogP contribution >= 0.6 is 0 Å². The first-order valence-electron chi connectivity index (χ1n) is 7.64. The van der Waals surface area contributed by atoms with Crippen molar-refractivity contribution in [1.29, 1.82) is 0 Å². The van der Waals surface area contributed by atoms with Crippen molar-refractivity contribution in [1.82, 2.24) is 15.3 Å². The maximum atomic E-state index is 5.72. The summed E-state index contributed by atoms with van der Waals surface area (Å²) in [5.74, 6) is 0.964. The van der Waals surface area contributed by atoms with Gasteiger partial charge in [0.15, 0.2) is 0 Å². The molecule has 1 aliphatic heterocycles. The lowest BCUT2D eigenvalue weighted by Crippen LogP contribution is -2.49. The molecular formula is C15H26N4O. The second kappa shape index (κ2) is 7.55. The summed E-state index contributed by atoms with van der Waals surface area (Å²) in [6.07, 6.45) is 6.23. The van der Waals surface area contributed by atoms with Crippen molar-refractivity contribution in [3.8, 4) is 0 Å². The number of hydrogen-bond donors (Lipinski definition) is 1. The van der Waals surface area contributed by atoms with Crippen molar-refractivity contribution in [3.63, 3.8) is 0 Å². The molecule has 1 N–H and O–H groups in total. The summed E-state index contributed by atoms with van der Waals surface area (Å²) in [6, 6.07) is 0.407. The van der Waals surface area contributed by atoms with E-state index in [2.05, 4.69) is 41.0 Å². The molecule has 0 bridgehead atoms. The van der Waals surface area contributed by atoms with Crippen LogP contribution in [-0.4, -0.2) is 41.8 Å². The quantitative estimate of drug-likeness (QED) is 0.806. The maximum absolute atomic E-state index is 5.72. The monoisotopic (exact) mass is 278 g/mol. The number of aromatic nitrogens is 2. The van der Waals surface area contributed by atoms with Gasteiger partial charge in [0.1, 0.15) is 5.82 Å². The highest BCUT2D eigenvalue weighted by molar-refractivity contribution is 5.38. The summed E-state index contributed by atoms with van der Waals surface area (Å²) < 4.78 is 5.72. The molecule has 2 heterocycles. The van der Waals surface area contributed by atoms with Gasteiger partial charge in [0.2, 0.25) is 0 Å². The van der Waals surface area contributed by atoms with Crippen LogP contribution in [-0.2, 0) is 11.3 Å². The molecule has 2 unspecified atom stereocenters. The Bertz CT molecular complexity index is 395. The molecule has 0 spiro atoms. The molecule has 1 aromatic rings. The van der Waals surface area contributed by atoms with E-state index in [4.69, 9.17) is 4.74 Å². The molecule has 1 aromatic heterocycles. The fourth-order valence-electron chi connectivity index (χ4n) is 2.44. The zero-order valence-electron chi connectivity index (χ0n) is 12.8. The number of nitrogens with zero attached hydrogens (tertiary/aromatic N) is 3. The van der Waals surface area contributed by atoms with Gasteiger partial charge < -0.3 is 15.0 Å². The third-order valence-corrected chi connectivity index (χ3v) is 3.66. The van der Waals surface area contributed by atoms with Crippen molar-refractivity contribution in [2.24, 2.45) is 0 Å². The lowest BCUT2D eigenvalue weighted by Gasteiger charge is -2.38. The summed E-state index contributed by atoms with van der Waals surface area (Å²) in [5, 5.41) is 3.34. The highest BCUT2D eigenvalue weighted by atomic mass is 16.5. The van der Waals surface area contributed by atoms with Crippen LogP contribution in [0.2, 0.25) is 0 Å². The molecule has 1 saturated heterocycles. The Morgan fingerprint density at radius 2 is 2.20 bits per heavy atom. The number of hydrogen-bond acceptors (Lipinski definition) is 5. The van der Waals surface area contributed by atoms with Gasteiger partial charge in [0.25, 0.3) is 0 Å². The van der Waals surface area contributed by atoms with E-state index in [0.29, 0.717) is 6.04 Å². The van der Waals surface area contributed by atoms with Crippen molar-refractivity contribution in [2.75, 3.05) is 24.6 Å². The summed E-state index contributed by atoms with van der Waals surface area (Å²) in [7, 11) is 0. The summed E-state index contributed by atoms with van der Waals surface area (Å²) in [6.45, 7) is 9.93. The molecule has 0 aromatic carbocycles. The molecule has 112 valence electrons. The van der Waals surface area contributed by atoms with E-state index in [1.165, 1.54) is 0 Å². The third kappa shape index (κ3) is 3.90. The molecule has 0 amide bonds. The van der Waals surface area contributed by atoms with E-state index >= 15 is 0 Å². The first-order valence-corrected chi connectivity index (χ1v) is 7.64. The standard InChI is InChI=1S/C15H26N4O/c1-4-6-16-7-13-8-18-15(9-17-13)19-10-12(3)20-11-14(19)5-2/h8-9,12,14,16H,4-7,10-11H2,1-3H3. The van der Waals surface area contributed by atoms with Gasteiger partial charge in [-0.15, -0.1) is 0 Å². The molecule has 1 fully saturated rings.